The highest BCUT2D eigenvalue weighted by atomic mass is 32.2. The van der Waals surface area contributed by atoms with Crippen LogP contribution >= 0.6 is 0 Å². The normalized spacial score (nSPS) is 11.7. The number of hydrogen-bond acceptors (Lipinski definition) is 5. The monoisotopic (exact) mass is 280 g/mol. The first-order valence-electron chi connectivity index (χ1n) is 5.62. The second-order valence-electron chi connectivity index (χ2n) is 4.17. The zero-order valence-electron chi connectivity index (χ0n) is 10.5. The molecule has 0 aromatic heterocycles. The molecular formula is C10H20N2O5S. The van der Waals surface area contributed by atoms with Crippen LogP contribution in [0.15, 0.2) is 0 Å². The van der Waals surface area contributed by atoms with Crippen LogP contribution in [0, 0.1) is 0 Å². The van der Waals surface area contributed by atoms with Crippen LogP contribution in [-0.2, 0) is 19.4 Å². The highest BCUT2D eigenvalue weighted by Crippen LogP contribution is 1.97. The topological polar surface area (TPSA) is 118 Å². The van der Waals surface area contributed by atoms with Gasteiger partial charge in [-0.05, 0) is 20.0 Å². The first-order valence-corrected chi connectivity index (χ1v) is 7.44. The fraction of sp³-hybridized carbons (Fsp3) is 0.800. The molecule has 0 saturated carbocycles. The predicted molar refractivity (Wildman–Crippen MR) is 66.8 cm³/mol. The number of primary amides is 1. The molecule has 7 nitrogen and oxygen atoms in total. The Morgan fingerprint density at radius 1 is 1.17 bits per heavy atom. The van der Waals surface area contributed by atoms with Gasteiger partial charge in [0, 0.05) is 19.4 Å². The van der Waals surface area contributed by atoms with Crippen LogP contribution in [0.3, 0.4) is 0 Å². The van der Waals surface area contributed by atoms with Crippen molar-refractivity contribution in [2.24, 2.45) is 5.73 Å². The summed E-state index contributed by atoms with van der Waals surface area (Å²) in [4.78, 5) is 22.5. The molecule has 0 saturated heterocycles. The molecule has 18 heavy (non-hydrogen) atoms. The number of aliphatic carboxylic acids is 1. The van der Waals surface area contributed by atoms with Crippen LogP contribution in [-0.4, -0.2) is 61.9 Å². The van der Waals surface area contributed by atoms with E-state index in [1.807, 2.05) is 0 Å². The minimum Gasteiger partial charge on any atom is -0.481 e. The predicted octanol–water partition coefficient (Wildman–Crippen LogP) is -0.927. The lowest BCUT2D eigenvalue weighted by Crippen LogP contribution is -2.29. The van der Waals surface area contributed by atoms with E-state index in [2.05, 4.69) is 0 Å². The number of carboxylic acids is 1. The van der Waals surface area contributed by atoms with Gasteiger partial charge in [0.2, 0.25) is 5.91 Å². The number of nitrogens with zero attached hydrogens (tertiary/aromatic N) is 1. The van der Waals surface area contributed by atoms with Crippen LogP contribution in [0.25, 0.3) is 0 Å². The molecule has 106 valence electrons. The number of sulfone groups is 1. The van der Waals surface area contributed by atoms with Gasteiger partial charge in [0.05, 0.1) is 11.5 Å². The van der Waals surface area contributed by atoms with Crippen LogP contribution in [0.2, 0.25) is 0 Å². The van der Waals surface area contributed by atoms with Gasteiger partial charge in [-0.25, -0.2) is 8.42 Å². The summed E-state index contributed by atoms with van der Waals surface area (Å²) in [5.41, 5.74) is 4.88. The molecule has 3 N–H and O–H groups in total. The van der Waals surface area contributed by atoms with Crippen molar-refractivity contribution in [2.75, 3.05) is 31.6 Å². The van der Waals surface area contributed by atoms with Crippen molar-refractivity contribution in [1.29, 1.82) is 0 Å². The van der Waals surface area contributed by atoms with E-state index in [0.29, 0.717) is 19.5 Å². The van der Waals surface area contributed by atoms with E-state index in [1.165, 1.54) is 0 Å². The van der Waals surface area contributed by atoms with Gasteiger partial charge in [-0.3, -0.25) is 9.59 Å². The lowest BCUT2D eigenvalue weighted by molar-refractivity contribution is -0.137. The van der Waals surface area contributed by atoms with Gasteiger partial charge in [-0.15, -0.1) is 0 Å². The van der Waals surface area contributed by atoms with E-state index >= 15 is 0 Å². The quantitative estimate of drug-likeness (QED) is 0.534. The van der Waals surface area contributed by atoms with Crippen LogP contribution < -0.4 is 5.73 Å². The Morgan fingerprint density at radius 2 is 1.78 bits per heavy atom. The Hall–Kier alpha value is -1.15. The molecule has 0 spiro atoms. The summed E-state index contributed by atoms with van der Waals surface area (Å²) in [6.07, 6.45) is 0.386. The molecule has 0 aromatic carbocycles. The largest absolute Gasteiger partial charge is 0.481 e. The van der Waals surface area contributed by atoms with E-state index in [-0.39, 0.29) is 24.3 Å². The van der Waals surface area contributed by atoms with E-state index in [9.17, 15) is 18.0 Å². The molecule has 0 aliphatic rings. The Labute approximate surface area is 107 Å². The number of hydrogen-bond donors (Lipinski definition) is 2. The summed E-state index contributed by atoms with van der Waals surface area (Å²) in [5.74, 6) is -1.78. The van der Waals surface area contributed by atoms with Gasteiger partial charge in [-0.2, -0.15) is 0 Å². The van der Waals surface area contributed by atoms with Crippen molar-refractivity contribution < 1.29 is 23.1 Å². The highest BCUT2D eigenvalue weighted by molar-refractivity contribution is 7.91. The molecule has 8 heteroatoms. The number of carbonyl (C=O) groups is 2. The zero-order valence-corrected chi connectivity index (χ0v) is 11.3. The summed E-state index contributed by atoms with van der Waals surface area (Å²) < 4.78 is 23.0. The van der Waals surface area contributed by atoms with Gasteiger partial charge in [0.15, 0.2) is 9.84 Å². The Morgan fingerprint density at radius 3 is 2.28 bits per heavy atom. The second kappa shape index (κ2) is 8.04. The summed E-state index contributed by atoms with van der Waals surface area (Å²) in [6, 6.07) is 0. The second-order valence-corrected chi connectivity index (χ2v) is 6.47. The highest BCUT2D eigenvalue weighted by Gasteiger charge is 2.13. The van der Waals surface area contributed by atoms with Crippen LogP contribution in [0.5, 0.6) is 0 Å². The zero-order chi connectivity index (χ0) is 14.2. The lowest BCUT2D eigenvalue weighted by Gasteiger charge is -2.15. The van der Waals surface area contributed by atoms with Crippen molar-refractivity contribution in [1.82, 2.24) is 4.90 Å². The summed E-state index contributed by atoms with van der Waals surface area (Å²) in [7, 11) is -1.54. The van der Waals surface area contributed by atoms with Gasteiger partial charge in [0.1, 0.15) is 0 Å². The van der Waals surface area contributed by atoms with E-state index in [0.717, 1.165) is 0 Å². The fourth-order valence-electron chi connectivity index (χ4n) is 1.27. The molecule has 0 radical (unpaired) electrons. The molecule has 0 aromatic rings. The van der Waals surface area contributed by atoms with E-state index in [4.69, 9.17) is 10.8 Å². The van der Waals surface area contributed by atoms with E-state index < -0.39 is 21.7 Å². The van der Waals surface area contributed by atoms with Crippen molar-refractivity contribution in [2.45, 2.75) is 19.3 Å². The Bertz CT molecular complexity index is 380. The molecule has 0 atom stereocenters. The number of nitrogens with two attached hydrogens (primary N) is 1. The standard InChI is InChI=1S/C10H20N2O5S/c1-12(5-2-3-10(14)15)6-8-18(16,17)7-4-9(11)13/h2-8H2,1H3,(H2,11,13)(H,14,15). The van der Waals surface area contributed by atoms with Crippen LogP contribution in [0.4, 0.5) is 0 Å². The maximum atomic E-state index is 11.5. The smallest absolute Gasteiger partial charge is 0.303 e. The first-order chi connectivity index (χ1) is 8.23. The van der Waals surface area contributed by atoms with Crippen molar-refractivity contribution in [3.05, 3.63) is 0 Å². The first kappa shape index (κ1) is 16.9. The minimum absolute atomic E-state index is 0.0517. The lowest BCUT2D eigenvalue weighted by atomic mass is 10.3. The molecule has 1 amide bonds. The summed E-state index contributed by atoms with van der Waals surface area (Å²) >= 11 is 0. The minimum atomic E-state index is -3.27. The van der Waals surface area contributed by atoms with E-state index in [1.54, 1.807) is 11.9 Å². The third kappa shape index (κ3) is 10.0. The molecule has 0 aliphatic carbocycles. The van der Waals surface area contributed by atoms with Gasteiger partial charge in [0.25, 0.3) is 0 Å². The van der Waals surface area contributed by atoms with Crippen LogP contribution in [0.1, 0.15) is 19.3 Å². The third-order valence-corrected chi connectivity index (χ3v) is 4.00. The maximum absolute atomic E-state index is 11.5. The van der Waals surface area contributed by atoms with Crippen molar-refractivity contribution >= 4 is 21.7 Å². The average molecular weight is 280 g/mol. The number of rotatable bonds is 10. The van der Waals surface area contributed by atoms with Crippen molar-refractivity contribution in [3.8, 4) is 0 Å². The van der Waals surface area contributed by atoms with Crippen molar-refractivity contribution in [3.63, 3.8) is 0 Å². The molecule has 0 rings (SSSR count). The number of amides is 1. The molecular weight excluding hydrogens is 260 g/mol. The van der Waals surface area contributed by atoms with Gasteiger partial charge in [-0.1, -0.05) is 0 Å². The van der Waals surface area contributed by atoms with Gasteiger partial charge >= 0.3 is 5.97 Å². The molecule has 0 fully saturated rings. The van der Waals surface area contributed by atoms with Gasteiger partial charge < -0.3 is 15.7 Å². The summed E-state index contributed by atoms with van der Waals surface area (Å²) in [5, 5.41) is 8.45. The molecule has 0 unspecified atom stereocenters. The molecule has 0 heterocycles. The Kier molecular flexibility index (Phi) is 7.53. The number of carbonyl (C=O) groups excluding carboxylic acids is 1. The molecule has 0 aliphatic heterocycles. The Balaban J connectivity index is 3.85. The maximum Gasteiger partial charge on any atom is 0.303 e. The summed E-state index contributed by atoms with van der Waals surface area (Å²) in [6.45, 7) is 0.846. The third-order valence-electron chi connectivity index (χ3n) is 2.37. The molecule has 0 bridgehead atoms. The average Bonchev–Trinajstić information content (AvgIpc) is 2.24. The fourth-order valence-corrected chi connectivity index (χ4v) is 2.57. The number of carboxylic acid groups (broad SMARTS) is 1. The SMILES string of the molecule is CN(CCCC(=O)O)CCS(=O)(=O)CCC(N)=O.